The monoisotopic (exact) mass is 392 g/mol. The number of benzene rings is 2. The summed E-state index contributed by atoms with van der Waals surface area (Å²) in [5.41, 5.74) is 1.68. The lowest BCUT2D eigenvalue weighted by Crippen LogP contribution is -2.60. The molecule has 1 N–H and O–H groups in total. The van der Waals surface area contributed by atoms with Gasteiger partial charge in [-0.25, -0.2) is 0 Å². The lowest BCUT2D eigenvalue weighted by molar-refractivity contribution is -0.940. The van der Waals surface area contributed by atoms with Gasteiger partial charge in [-0.3, -0.25) is 0 Å². The molecule has 0 saturated carbocycles. The fourth-order valence-electron chi connectivity index (χ4n) is 5.11. The predicted octanol–water partition coefficient (Wildman–Crippen LogP) is 5.07. The summed E-state index contributed by atoms with van der Waals surface area (Å²) in [5, 5.41) is 14.3. The molecule has 0 aliphatic carbocycles. The Hall–Kier alpha value is -1.94. The van der Waals surface area contributed by atoms with Gasteiger partial charge in [0.2, 0.25) is 0 Å². The van der Waals surface area contributed by atoms with E-state index in [1.807, 2.05) is 23.5 Å². The zero-order valence-electron chi connectivity index (χ0n) is 16.6. The fraction of sp³-hybridized carbons (Fsp3) is 0.360. The zero-order valence-corrected chi connectivity index (χ0v) is 17.4. The molecule has 3 heteroatoms. The molecule has 1 saturated heterocycles. The summed E-state index contributed by atoms with van der Waals surface area (Å²) in [6, 6.07) is 25.6. The van der Waals surface area contributed by atoms with Gasteiger partial charge in [-0.1, -0.05) is 66.7 Å². The van der Waals surface area contributed by atoms with Crippen molar-refractivity contribution in [2.45, 2.75) is 43.9 Å². The van der Waals surface area contributed by atoms with Gasteiger partial charge in [-0.2, -0.15) is 0 Å². The van der Waals surface area contributed by atoms with Crippen molar-refractivity contribution in [3.05, 3.63) is 94.2 Å². The molecule has 3 aromatic rings. The molecule has 1 aliphatic rings. The normalized spacial score (nSPS) is 22.4. The molecule has 0 spiro atoms. The van der Waals surface area contributed by atoms with Crippen LogP contribution < -0.4 is 0 Å². The van der Waals surface area contributed by atoms with Crippen LogP contribution in [0.3, 0.4) is 0 Å². The average molecular weight is 393 g/mol. The van der Waals surface area contributed by atoms with Crippen molar-refractivity contribution in [2.24, 2.45) is 0 Å². The summed E-state index contributed by atoms with van der Waals surface area (Å²) >= 11 is 1.83. The number of aliphatic hydroxyl groups is 1. The molecule has 2 nitrogen and oxygen atoms in total. The Bertz CT molecular complexity index is 821. The van der Waals surface area contributed by atoms with Crippen LogP contribution in [-0.4, -0.2) is 34.8 Å². The molecule has 146 valence electrons. The summed E-state index contributed by atoms with van der Waals surface area (Å²) < 4.78 is 0.927. The molecule has 28 heavy (non-hydrogen) atoms. The Morgan fingerprint density at radius 3 is 2.07 bits per heavy atom. The van der Waals surface area contributed by atoms with E-state index >= 15 is 0 Å². The van der Waals surface area contributed by atoms with Gasteiger partial charge in [0, 0.05) is 25.7 Å². The van der Waals surface area contributed by atoms with Gasteiger partial charge in [-0.15, -0.1) is 11.3 Å². The van der Waals surface area contributed by atoms with Gasteiger partial charge in [0.15, 0.2) is 0 Å². The van der Waals surface area contributed by atoms with Gasteiger partial charge in [-0.05, 0) is 22.6 Å². The molecule has 0 radical (unpaired) electrons. The van der Waals surface area contributed by atoms with Crippen LogP contribution in [0.2, 0.25) is 0 Å². The fourth-order valence-corrected chi connectivity index (χ4v) is 5.97. The van der Waals surface area contributed by atoms with Crippen LogP contribution in [0.4, 0.5) is 0 Å². The van der Waals surface area contributed by atoms with E-state index in [4.69, 9.17) is 0 Å². The third-order valence-corrected chi connectivity index (χ3v) is 7.18. The van der Waals surface area contributed by atoms with Crippen molar-refractivity contribution in [1.82, 2.24) is 0 Å². The standard InChI is InChI=1S/C25H30NOS/c1-26(20-23-14-9-17-28-23)16-8-15-24(26)25(27,18-21-10-4-2-5-11-21)19-22-12-6-3-7-13-22/h2-7,9-14,17,24,27H,8,15-16,18-20H2,1H3/q+1. The van der Waals surface area contributed by atoms with Crippen molar-refractivity contribution < 1.29 is 9.59 Å². The number of hydrogen-bond donors (Lipinski definition) is 1. The SMILES string of the molecule is C[N+]1(Cc2cccs2)CCCC1C(O)(Cc1ccccc1)Cc1ccccc1. The first-order valence-corrected chi connectivity index (χ1v) is 11.1. The van der Waals surface area contributed by atoms with Gasteiger partial charge in [0.05, 0.1) is 18.5 Å². The molecule has 0 bridgehead atoms. The van der Waals surface area contributed by atoms with Crippen LogP contribution in [0.15, 0.2) is 78.2 Å². The molecule has 1 aromatic heterocycles. The topological polar surface area (TPSA) is 20.2 Å². The molecular weight excluding hydrogens is 362 g/mol. The molecular formula is C25H30NOS+. The summed E-state index contributed by atoms with van der Waals surface area (Å²) in [5.74, 6) is 0. The van der Waals surface area contributed by atoms with E-state index in [9.17, 15) is 5.11 Å². The van der Waals surface area contributed by atoms with Crippen molar-refractivity contribution in [3.8, 4) is 0 Å². The predicted molar refractivity (Wildman–Crippen MR) is 117 cm³/mol. The minimum absolute atomic E-state index is 0.231. The number of quaternary nitrogens is 1. The lowest BCUT2D eigenvalue weighted by Gasteiger charge is -2.45. The molecule has 4 rings (SSSR count). The highest BCUT2D eigenvalue weighted by molar-refractivity contribution is 7.09. The minimum atomic E-state index is -0.759. The number of likely N-dealkylation sites (tertiary alicyclic amines) is 1. The second kappa shape index (κ2) is 8.20. The first-order valence-electron chi connectivity index (χ1n) is 10.2. The number of rotatable bonds is 7. The summed E-state index contributed by atoms with van der Waals surface area (Å²) in [6.45, 7) is 2.14. The Morgan fingerprint density at radius 1 is 0.929 bits per heavy atom. The maximum absolute atomic E-state index is 12.2. The van der Waals surface area contributed by atoms with E-state index in [0.717, 1.165) is 24.0 Å². The molecule has 2 unspecified atom stereocenters. The minimum Gasteiger partial charge on any atom is -0.383 e. The van der Waals surface area contributed by atoms with Crippen LogP contribution in [-0.2, 0) is 19.4 Å². The third-order valence-electron chi connectivity index (χ3n) is 6.32. The lowest BCUT2D eigenvalue weighted by atomic mass is 9.80. The molecule has 2 atom stereocenters. The third kappa shape index (κ3) is 4.22. The van der Waals surface area contributed by atoms with E-state index in [-0.39, 0.29) is 6.04 Å². The summed E-state index contributed by atoms with van der Waals surface area (Å²) in [7, 11) is 2.35. The number of likely N-dealkylation sites (N-methyl/N-ethyl adjacent to an activating group) is 1. The highest BCUT2D eigenvalue weighted by Gasteiger charge is 2.51. The molecule has 1 fully saturated rings. The van der Waals surface area contributed by atoms with E-state index < -0.39 is 5.60 Å². The van der Waals surface area contributed by atoms with Gasteiger partial charge < -0.3 is 9.59 Å². The summed E-state index contributed by atoms with van der Waals surface area (Å²) in [6.07, 6.45) is 3.66. The second-order valence-corrected chi connectivity index (χ2v) is 9.56. The van der Waals surface area contributed by atoms with Crippen LogP contribution in [0.1, 0.15) is 28.8 Å². The molecule has 1 aliphatic heterocycles. The Balaban J connectivity index is 1.67. The van der Waals surface area contributed by atoms with Gasteiger partial charge in [0.25, 0.3) is 0 Å². The van der Waals surface area contributed by atoms with Crippen LogP contribution in [0, 0.1) is 0 Å². The molecule has 2 aromatic carbocycles. The van der Waals surface area contributed by atoms with Crippen LogP contribution in [0.5, 0.6) is 0 Å². The highest BCUT2D eigenvalue weighted by atomic mass is 32.1. The van der Waals surface area contributed by atoms with Gasteiger partial charge >= 0.3 is 0 Å². The summed E-state index contributed by atoms with van der Waals surface area (Å²) in [4.78, 5) is 1.41. The Kier molecular flexibility index (Phi) is 5.68. The van der Waals surface area contributed by atoms with Crippen LogP contribution >= 0.6 is 11.3 Å². The average Bonchev–Trinajstić information content (AvgIpc) is 3.33. The van der Waals surface area contributed by atoms with Crippen LogP contribution in [0.25, 0.3) is 0 Å². The number of thiophene rings is 1. The van der Waals surface area contributed by atoms with Crippen molar-refractivity contribution >= 4 is 11.3 Å². The van der Waals surface area contributed by atoms with Gasteiger partial charge in [0.1, 0.15) is 18.2 Å². The zero-order chi connectivity index (χ0) is 19.5. The highest BCUT2D eigenvalue weighted by Crippen LogP contribution is 2.38. The van der Waals surface area contributed by atoms with E-state index in [0.29, 0.717) is 12.8 Å². The maximum atomic E-state index is 12.2. The van der Waals surface area contributed by atoms with Crippen molar-refractivity contribution in [2.75, 3.05) is 13.6 Å². The number of nitrogens with zero attached hydrogens (tertiary/aromatic N) is 1. The molecule has 0 amide bonds. The smallest absolute Gasteiger partial charge is 0.124 e. The van der Waals surface area contributed by atoms with E-state index in [1.54, 1.807) is 0 Å². The number of hydrogen-bond acceptors (Lipinski definition) is 2. The quantitative estimate of drug-likeness (QED) is 0.556. The molecule has 2 heterocycles. The first kappa shape index (κ1) is 19.4. The Morgan fingerprint density at radius 2 is 1.54 bits per heavy atom. The van der Waals surface area contributed by atoms with Crippen molar-refractivity contribution in [3.63, 3.8) is 0 Å². The Labute approximate surface area is 172 Å². The van der Waals surface area contributed by atoms with E-state index in [2.05, 4.69) is 73.1 Å². The maximum Gasteiger partial charge on any atom is 0.124 e. The first-order chi connectivity index (χ1) is 13.6. The van der Waals surface area contributed by atoms with E-state index in [1.165, 1.54) is 22.4 Å². The van der Waals surface area contributed by atoms with Crippen molar-refractivity contribution in [1.29, 1.82) is 0 Å². The second-order valence-electron chi connectivity index (χ2n) is 8.53. The largest absolute Gasteiger partial charge is 0.383 e.